The molecule has 0 radical (unpaired) electrons. The molecule has 4 rings (SSSR count). The molecular formula is C24H24N2O2. The first-order chi connectivity index (χ1) is 13.6. The van der Waals surface area contributed by atoms with Gasteiger partial charge in [0.2, 0.25) is 5.91 Å². The third kappa shape index (κ3) is 3.11. The number of aromatic nitrogens is 1. The molecule has 142 valence electrons. The lowest BCUT2D eigenvalue weighted by molar-refractivity contribution is -0.118. The summed E-state index contributed by atoms with van der Waals surface area (Å²) in [7, 11) is 3.79. The van der Waals surface area contributed by atoms with Gasteiger partial charge in [-0.05, 0) is 41.0 Å². The van der Waals surface area contributed by atoms with Gasteiger partial charge in [0.05, 0.1) is 12.8 Å². The second-order valence-electron chi connectivity index (χ2n) is 7.03. The van der Waals surface area contributed by atoms with Gasteiger partial charge in [0.25, 0.3) is 0 Å². The minimum absolute atomic E-state index is 0.00970. The zero-order valence-corrected chi connectivity index (χ0v) is 16.5. The van der Waals surface area contributed by atoms with Crippen LogP contribution in [0.4, 0.5) is 0 Å². The minimum Gasteiger partial charge on any atom is -0.497 e. The predicted octanol–water partition coefficient (Wildman–Crippen LogP) is 4.69. The Labute approximate surface area is 164 Å². The third-order valence-corrected chi connectivity index (χ3v) is 5.31. The number of fused-ring (bicyclic) bond motifs is 2. The van der Waals surface area contributed by atoms with E-state index < -0.39 is 0 Å². The van der Waals surface area contributed by atoms with E-state index in [-0.39, 0.29) is 5.91 Å². The summed E-state index contributed by atoms with van der Waals surface area (Å²) in [6, 6.07) is 21.1. The smallest absolute Gasteiger partial charge is 0.216 e. The van der Waals surface area contributed by atoms with Gasteiger partial charge in [-0.25, -0.2) is 0 Å². The molecule has 1 aromatic heterocycles. The van der Waals surface area contributed by atoms with Crippen LogP contribution in [-0.2, 0) is 18.3 Å². The zero-order valence-electron chi connectivity index (χ0n) is 16.5. The number of hydrogen-bond acceptors (Lipinski definition) is 2. The number of carbonyl (C=O) groups is 1. The average Bonchev–Trinajstić information content (AvgIpc) is 2.98. The predicted molar refractivity (Wildman–Crippen MR) is 115 cm³/mol. The van der Waals surface area contributed by atoms with E-state index in [4.69, 9.17) is 4.74 Å². The van der Waals surface area contributed by atoms with Gasteiger partial charge in [-0.2, -0.15) is 0 Å². The number of nitrogens with zero attached hydrogens (tertiary/aromatic N) is 1. The second kappa shape index (κ2) is 7.39. The molecule has 0 bridgehead atoms. The molecule has 4 nitrogen and oxygen atoms in total. The molecular weight excluding hydrogens is 348 g/mol. The van der Waals surface area contributed by atoms with Crippen molar-refractivity contribution in [3.05, 3.63) is 66.2 Å². The normalized spacial score (nSPS) is 11.1. The van der Waals surface area contributed by atoms with Crippen molar-refractivity contribution in [2.24, 2.45) is 7.05 Å². The van der Waals surface area contributed by atoms with Gasteiger partial charge in [-0.1, -0.05) is 42.5 Å². The van der Waals surface area contributed by atoms with E-state index in [9.17, 15) is 4.79 Å². The Morgan fingerprint density at radius 2 is 1.82 bits per heavy atom. The lowest BCUT2D eigenvalue weighted by Gasteiger charge is -2.12. The first kappa shape index (κ1) is 18.1. The standard InChI is InChI=1S/C24H24N2O2/c1-16(27)25-14-13-21-22-15-18(28-3)11-12-23(22)26(2)24(21)20-10-6-8-17-7-4-5-9-19(17)20/h4-12,15H,13-14H2,1-3H3,(H,25,27). The quantitative estimate of drug-likeness (QED) is 0.552. The number of ether oxygens (including phenoxy) is 1. The summed E-state index contributed by atoms with van der Waals surface area (Å²) >= 11 is 0. The summed E-state index contributed by atoms with van der Waals surface area (Å²) in [5, 5.41) is 6.54. The molecule has 1 N–H and O–H groups in total. The lowest BCUT2D eigenvalue weighted by atomic mass is 9.97. The third-order valence-electron chi connectivity index (χ3n) is 5.31. The van der Waals surface area contributed by atoms with E-state index in [2.05, 4.69) is 71.5 Å². The first-order valence-electron chi connectivity index (χ1n) is 9.48. The molecule has 28 heavy (non-hydrogen) atoms. The number of benzene rings is 3. The molecule has 0 spiro atoms. The molecule has 0 fully saturated rings. The molecule has 1 amide bonds. The highest BCUT2D eigenvalue weighted by Gasteiger charge is 2.18. The zero-order chi connectivity index (χ0) is 19.7. The van der Waals surface area contributed by atoms with Gasteiger partial charge in [-0.3, -0.25) is 4.79 Å². The number of amides is 1. The van der Waals surface area contributed by atoms with Crippen LogP contribution in [0.3, 0.4) is 0 Å². The van der Waals surface area contributed by atoms with E-state index in [1.807, 2.05) is 6.07 Å². The van der Waals surface area contributed by atoms with Gasteiger partial charge in [-0.15, -0.1) is 0 Å². The maximum Gasteiger partial charge on any atom is 0.216 e. The Bertz CT molecular complexity index is 1170. The van der Waals surface area contributed by atoms with Crippen molar-refractivity contribution in [3.63, 3.8) is 0 Å². The fourth-order valence-electron chi connectivity index (χ4n) is 4.02. The molecule has 1 heterocycles. The summed E-state index contributed by atoms with van der Waals surface area (Å²) in [5.41, 5.74) is 4.77. The molecule has 0 saturated carbocycles. The number of rotatable bonds is 5. The van der Waals surface area contributed by atoms with Gasteiger partial charge in [0.1, 0.15) is 5.75 Å². The van der Waals surface area contributed by atoms with Crippen LogP contribution in [0.5, 0.6) is 5.75 Å². The molecule has 0 aliphatic carbocycles. The minimum atomic E-state index is -0.00970. The Morgan fingerprint density at radius 3 is 2.61 bits per heavy atom. The van der Waals surface area contributed by atoms with E-state index >= 15 is 0 Å². The van der Waals surface area contributed by atoms with Crippen molar-refractivity contribution in [2.75, 3.05) is 13.7 Å². The van der Waals surface area contributed by atoms with E-state index in [1.165, 1.54) is 27.6 Å². The number of hydrogen-bond donors (Lipinski definition) is 1. The molecule has 0 saturated heterocycles. The van der Waals surface area contributed by atoms with Crippen LogP contribution < -0.4 is 10.1 Å². The fourth-order valence-corrected chi connectivity index (χ4v) is 4.02. The Balaban J connectivity index is 1.98. The van der Waals surface area contributed by atoms with Crippen molar-refractivity contribution in [2.45, 2.75) is 13.3 Å². The molecule has 0 aliphatic heterocycles. The van der Waals surface area contributed by atoms with Crippen LogP contribution in [0.25, 0.3) is 32.9 Å². The molecule has 0 aliphatic rings. The lowest BCUT2D eigenvalue weighted by Crippen LogP contribution is -2.22. The van der Waals surface area contributed by atoms with Gasteiger partial charge in [0.15, 0.2) is 0 Å². The second-order valence-corrected chi connectivity index (χ2v) is 7.03. The van der Waals surface area contributed by atoms with Crippen LogP contribution in [0.2, 0.25) is 0 Å². The first-order valence-corrected chi connectivity index (χ1v) is 9.48. The molecule has 4 aromatic rings. The maximum absolute atomic E-state index is 11.4. The number of aryl methyl sites for hydroxylation is 1. The van der Waals surface area contributed by atoms with Gasteiger partial charge >= 0.3 is 0 Å². The fraction of sp³-hybridized carbons (Fsp3) is 0.208. The van der Waals surface area contributed by atoms with Gasteiger partial charge < -0.3 is 14.6 Å². The summed E-state index contributed by atoms with van der Waals surface area (Å²) in [6.45, 7) is 2.15. The Morgan fingerprint density at radius 1 is 1.04 bits per heavy atom. The van der Waals surface area contributed by atoms with Crippen molar-refractivity contribution in [1.29, 1.82) is 0 Å². The highest BCUT2D eigenvalue weighted by Crippen LogP contribution is 2.38. The Hall–Kier alpha value is -3.27. The van der Waals surface area contributed by atoms with Crippen molar-refractivity contribution < 1.29 is 9.53 Å². The Kier molecular flexibility index (Phi) is 4.78. The van der Waals surface area contributed by atoms with Crippen molar-refractivity contribution >= 4 is 27.6 Å². The van der Waals surface area contributed by atoms with Crippen LogP contribution in [0.15, 0.2) is 60.7 Å². The number of methoxy groups -OCH3 is 1. The van der Waals surface area contributed by atoms with Crippen LogP contribution in [0.1, 0.15) is 12.5 Å². The number of nitrogens with one attached hydrogen (secondary N) is 1. The summed E-state index contributed by atoms with van der Waals surface area (Å²) in [4.78, 5) is 11.4. The van der Waals surface area contributed by atoms with E-state index in [1.54, 1.807) is 14.0 Å². The monoisotopic (exact) mass is 372 g/mol. The molecule has 0 atom stereocenters. The molecule has 4 heteroatoms. The highest BCUT2D eigenvalue weighted by atomic mass is 16.5. The largest absolute Gasteiger partial charge is 0.497 e. The number of carbonyl (C=O) groups excluding carboxylic acids is 1. The van der Waals surface area contributed by atoms with Gasteiger partial charge in [0, 0.05) is 37.0 Å². The highest BCUT2D eigenvalue weighted by molar-refractivity contribution is 6.01. The van der Waals surface area contributed by atoms with Crippen LogP contribution in [-0.4, -0.2) is 24.1 Å². The van der Waals surface area contributed by atoms with E-state index in [0.717, 1.165) is 23.1 Å². The molecule has 0 unspecified atom stereocenters. The average molecular weight is 372 g/mol. The summed E-state index contributed by atoms with van der Waals surface area (Å²) in [5.74, 6) is 0.827. The van der Waals surface area contributed by atoms with Crippen molar-refractivity contribution in [1.82, 2.24) is 9.88 Å². The van der Waals surface area contributed by atoms with Crippen LogP contribution >= 0.6 is 0 Å². The van der Waals surface area contributed by atoms with Crippen LogP contribution in [0, 0.1) is 0 Å². The maximum atomic E-state index is 11.4. The summed E-state index contributed by atoms with van der Waals surface area (Å²) in [6.07, 6.45) is 0.753. The van der Waals surface area contributed by atoms with Crippen molar-refractivity contribution in [3.8, 4) is 17.0 Å². The molecule has 3 aromatic carbocycles. The summed E-state index contributed by atoms with van der Waals surface area (Å²) < 4.78 is 7.72. The topological polar surface area (TPSA) is 43.3 Å². The van der Waals surface area contributed by atoms with E-state index in [0.29, 0.717) is 6.54 Å². The SMILES string of the molecule is COc1ccc2c(c1)c(CCNC(C)=O)c(-c1cccc3ccccc13)n2C.